The fraction of sp³-hybridized carbons (Fsp3) is 0.632. The Morgan fingerprint density at radius 1 is 1.23 bits per heavy atom. The van der Waals surface area contributed by atoms with Crippen LogP contribution in [0.15, 0.2) is 29.3 Å². The molecule has 2 rings (SSSR count). The first-order valence-electron chi connectivity index (χ1n) is 9.17. The van der Waals surface area contributed by atoms with Gasteiger partial charge in [-0.25, -0.2) is 0 Å². The minimum absolute atomic E-state index is 0.0728. The summed E-state index contributed by atoms with van der Waals surface area (Å²) in [5, 5.41) is 16.6. The molecular weight excluding hydrogens is 340 g/mol. The van der Waals surface area contributed by atoms with E-state index < -0.39 is 12.7 Å². The van der Waals surface area contributed by atoms with Crippen molar-refractivity contribution in [1.82, 2.24) is 10.6 Å². The zero-order chi connectivity index (χ0) is 19.0. The van der Waals surface area contributed by atoms with E-state index in [1.165, 1.54) is 37.8 Å². The predicted octanol–water partition coefficient (Wildman–Crippen LogP) is 3.46. The van der Waals surface area contributed by atoms with E-state index in [0.717, 1.165) is 13.1 Å². The minimum atomic E-state index is -2.85. The molecule has 1 fully saturated rings. The van der Waals surface area contributed by atoms with Gasteiger partial charge in [0, 0.05) is 19.6 Å². The Bertz CT molecular complexity index is 573. The van der Waals surface area contributed by atoms with Crippen LogP contribution in [0.25, 0.3) is 0 Å². The summed E-state index contributed by atoms with van der Waals surface area (Å²) >= 11 is 0. The number of aliphatic hydroxyl groups is 1. The second kappa shape index (κ2) is 9.71. The molecule has 1 unspecified atom stereocenters. The molecule has 1 aromatic carbocycles. The Balaban J connectivity index is 1.88. The Hall–Kier alpha value is -1.89. The Morgan fingerprint density at radius 3 is 2.46 bits per heavy atom. The Labute approximate surface area is 153 Å². The van der Waals surface area contributed by atoms with Crippen molar-refractivity contribution in [1.29, 1.82) is 0 Å². The van der Waals surface area contributed by atoms with Gasteiger partial charge in [-0.15, -0.1) is 0 Å². The molecule has 0 aromatic heterocycles. The molecule has 5 nitrogen and oxygen atoms in total. The van der Waals surface area contributed by atoms with Crippen LogP contribution < -0.4 is 15.4 Å². The van der Waals surface area contributed by atoms with Gasteiger partial charge >= 0.3 is 6.61 Å². The molecule has 1 saturated carbocycles. The lowest BCUT2D eigenvalue weighted by Gasteiger charge is -2.22. The number of alkyl halides is 2. The molecule has 0 heterocycles. The summed E-state index contributed by atoms with van der Waals surface area (Å²) in [4.78, 5) is 4.66. The van der Waals surface area contributed by atoms with E-state index >= 15 is 0 Å². The largest absolute Gasteiger partial charge is 0.435 e. The molecule has 146 valence electrons. The molecule has 0 saturated heterocycles. The van der Waals surface area contributed by atoms with Gasteiger partial charge in [-0.2, -0.15) is 8.78 Å². The predicted molar refractivity (Wildman–Crippen MR) is 98.6 cm³/mol. The van der Waals surface area contributed by atoms with Gasteiger partial charge in [0.15, 0.2) is 5.96 Å². The molecule has 1 atom stereocenters. The van der Waals surface area contributed by atoms with Crippen molar-refractivity contribution in [2.45, 2.75) is 52.2 Å². The summed E-state index contributed by atoms with van der Waals surface area (Å²) in [5.74, 6) is 0.751. The van der Waals surface area contributed by atoms with Gasteiger partial charge in [-0.05, 0) is 42.9 Å². The van der Waals surface area contributed by atoms with Crippen molar-refractivity contribution in [3.8, 4) is 5.75 Å². The Morgan fingerprint density at radius 2 is 1.88 bits per heavy atom. The lowest BCUT2D eigenvalue weighted by Crippen LogP contribution is -2.40. The van der Waals surface area contributed by atoms with Crippen LogP contribution in [0.4, 0.5) is 8.78 Å². The van der Waals surface area contributed by atoms with Crippen molar-refractivity contribution in [3.05, 3.63) is 29.8 Å². The zero-order valence-electron chi connectivity index (χ0n) is 15.5. The molecule has 1 aromatic rings. The van der Waals surface area contributed by atoms with Gasteiger partial charge in [-0.3, -0.25) is 4.99 Å². The molecule has 3 N–H and O–H groups in total. The highest BCUT2D eigenvalue weighted by Crippen LogP contribution is 2.37. The minimum Gasteiger partial charge on any atom is -0.435 e. The second-order valence-electron chi connectivity index (χ2n) is 7.06. The maximum absolute atomic E-state index is 12.2. The van der Waals surface area contributed by atoms with Crippen LogP contribution in [0.3, 0.4) is 0 Å². The zero-order valence-corrected chi connectivity index (χ0v) is 15.5. The van der Waals surface area contributed by atoms with Crippen molar-refractivity contribution in [2.75, 3.05) is 19.6 Å². The molecule has 0 amide bonds. The number of halogens is 2. The first kappa shape index (κ1) is 20.4. The van der Waals surface area contributed by atoms with Gasteiger partial charge in [0.25, 0.3) is 0 Å². The molecule has 0 bridgehead atoms. The third kappa shape index (κ3) is 6.44. The lowest BCUT2D eigenvalue weighted by molar-refractivity contribution is -0.0498. The van der Waals surface area contributed by atoms with E-state index in [-0.39, 0.29) is 17.7 Å². The Kier molecular flexibility index (Phi) is 7.63. The molecule has 1 aliphatic rings. The number of rotatable bonds is 8. The summed E-state index contributed by atoms with van der Waals surface area (Å²) < 4.78 is 28.7. The van der Waals surface area contributed by atoms with Crippen LogP contribution in [0.1, 0.15) is 51.2 Å². The number of nitrogens with one attached hydrogen (secondary N) is 2. The highest BCUT2D eigenvalue weighted by molar-refractivity contribution is 5.79. The highest BCUT2D eigenvalue weighted by atomic mass is 19.3. The van der Waals surface area contributed by atoms with Crippen LogP contribution in [0.5, 0.6) is 5.75 Å². The first-order chi connectivity index (χ1) is 12.4. The maximum Gasteiger partial charge on any atom is 0.387 e. The number of hydrogen-bond donors (Lipinski definition) is 3. The van der Waals surface area contributed by atoms with Gasteiger partial charge in [0.1, 0.15) is 5.75 Å². The van der Waals surface area contributed by atoms with E-state index in [9.17, 15) is 13.9 Å². The van der Waals surface area contributed by atoms with Gasteiger partial charge in [-0.1, -0.05) is 31.9 Å². The molecule has 7 heteroatoms. The quantitative estimate of drug-likeness (QED) is 0.485. The van der Waals surface area contributed by atoms with Crippen LogP contribution in [-0.4, -0.2) is 37.3 Å². The third-order valence-electron chi connectivity index (χ3n) is 4.73. The van der Waals surface area contributed by atoms with Gasteiger partial charge in [0.05, 0.1) is 6.10 Å². The van der Waals surface area contributed by atoms with Gasteiger partial charge < -0.3 is 20.5 Å². The number of ether oxygens (including phenoxy) is 1. The maximum atomic E-state index is 12.2. The summed E-state index contributed by atoms with van der Waals surface area (Å²) in [6.07, 6.45) is 4.15. The van der Waals surface area contributed by atoms with E-state index in [0.29, 0.717) is 11.5 Å². The van der Waals surface area contributed by atoms with Crippen LogP contribution in [-0.2, 0) is 0 Å². The first-order valence-corrected chi connectivity index (χ1v) is 9.17. The number of guanidine groups is 1. The summed E-state index contributed by atoms with van der Waals surface area (Å²) in [7, 11) is 0. The SMILES string of the molecule is CCNC(=NCC1(C)CCCC1)NCC(O)c1ccc(OC(F)F)cc1. The van der Waals surface area contributed by atoms with Crippen molar-refractivity contribution in [2.24, 2.45) is 10.4 Å². The molecule has 0 aliphatic heterocycles. The number of hydrogen-bond acceptors (Lipinski definition) is 3. The molecule has 0 radical (unpaired) electrons. The normalized spacial score (nSPS) is 18.0. The summed E-state index contributed by atoms with van der Waals surface area (Å²) in [6, 6.07) is 6.00. The monoisotopic (exact) mass is 369 g/mol. The fourth-order valence-corrected chi connectivity index (χ4v) is 3.18. The van der Waals surface area contributed by atoms with E-state index in [1.54, 1.807) is 12.1 Å². The lowest BCUT2D eigenvalue weighted by atomic mass is 9.89. The van der Waals surface area contributed by atoms with Crippen LogP contribution in [0, 0.1) is 5.41 Å². The summed E-state index contributed by atoms with van der Waals surface area (Å²) in [5.41, 5.74) is 0.888. The highest BCUT2D eigenvalue weighted by Gasteiger charge is 2.28. The number of aliphatic imine (C=N–C) groups is 1. The molecule has 0 spiro atoms. The fourth-order valence-electron chi connectivity index (χ4n) is 3.18. The standard InChI is InChI=1S/C19H29F2N3O2/c1-3-22-18(24-13-19(2)10-4-5-11-19)23-12-16(25)14-6-8-15(9-7-14)26-17(20)21/h6-9,16-17,25H,3-5,10-13H2,1-2H3,(H2,22,23,24). The topological polar surface area (TPSA) is 65.9 Å². The second-order valence-corrected chi connectivity index (χ2v) is 7.06. The molecule has 26 heavy (non-hydrogen) atoms. The van der Waals surface area contributed by atoms with Gasteiger partial charge in [0.2, 0.25) is 0 Å². The number of benzene rings is 1. The van der Waals surface area contributed by atoms with E-state index in [4.69, 9.17) is 0 Å². The number of aliphatic hydroxyl groups excluding tert-OH is 1. The van der Waals surface area contributed by atoms with Crippen LogP contribution >= 0.6 is 0 Å². The average molecular weight is 369 g/mol. The third-order valence-corrected chi connectivity index (χ3v) is 4.73. The van der Waals surface area contributed by atoms with Crippen molar-refractivity contribution in [3.63, 3.8) is 0 Å². The molecule has 1 aliphatic carbocycles. The molecular formula is C19H29F2N3O2. The van der Waals surface area contributed by atoms with E-state index in [2.05, 4.69) is 27.3 Å². The number of nitrogens with zero attached hydrogens (tertiary/aromatic N) is 1. The average Bonchev–Trinajstić information content (AvgIpc) is 3.04. The van der Waals surface area contributed by atoms with E-state index in [1.807, 2.05) is 6.92 Å². The summed E-state index contributed by atoms with van der Waals surface area (Å²) in [6.45, 7) is 3.18. The smallest absolute Gasteiger partial charge is 0.387 e. The van der Waals surface area contributed by atoms with Crippen LogP contribution in [0.2, 0.25) is 0 Å². The van der Waals surface area contributed by atoms with Crippen molar-refractivity contribution >= 4 is 5.96 Å². The van der Waals surface area contributed by atoms with Crippen molar-refractivity contribution < 1.29 is 18.6 Å².